The molecule has 0 unspecified atom stereocenters. The lowest BCUT2D eigenvalue weighted by molar-refractivity contribution is -0.120. The van der Waals surface area contributed by atoms with Crippen molar-refractivity contribution >= 4 is 22.9 Å². The van der Waals surface area contributed by atoms with Crippen molar-refractivity contribution in [3.05, 3.63) is 82.6 Å². The van der Waals surface area contributed by atoms with E-state index in [-0.39, 0.29) is 11.9 Å². The molecule has 3 rings (SSSR count). The van der Waals surface area contributed by atoms with Gasteiger partial charge in [0.1, 0.15) is 12.4 Å². The molecule has 0 aliphatic rings. The van der Waals surface area contributed by atoms with Crippen LogP contribution in [0.4, 0.5) is 5.69 Å². The summed E-state index contributed by atoms with van der Waals surface area (Å²) < 4.78 is 5.78. The smallest absolute Gasteiger partial charge is 0.241 e. The molecular weight excluding hydrogens is 356 g/mol. The number of likely N-dealkylation sites (N-methyl/N-ethyl adjacent to an activating group) is 1. The number of carbonyl (C=O) groups is 1. The molecule has 0 saturated heterocycles. The van der Waals surface area contributed by atoms with Gasteiger partial charge in [0.15, 0.2) is 0 Å². The van der Waals surface area contributed by atoms with E-state index in [1.807, 2.05) is 73.5 Å². The van der Waals surface area contributed by atoms with Crippen molar-refractivity contribution in [2.24, 2.45) is 0 Å². The SMILES string of the molecule is C[C@H](C(=O)Nc1ccc(OCc2ccccc2)cc1)N(C)Cc1ccsc1. The van der Waals surface area contributed by atoms with E-state index in [4.69, 9.17) is 4.74 Å². The van der Waals surface area contributed by atoms with Gasteiger partial charge in [0.2, 0.25) is 5.91 Å². The number of rotatable bonds is 8. The van der Waals surface area contributed by atoms with E-state index in [2.05, 4.69) is 22.1 Å². The largest absolute Gasteiger partial charge is 0.489 e. The molecule has 1 N–H and O–H groups in total. The van der Waals surface area contributed by atoms with Crippen LogP contribution in [0.1, 0.15) is 18.1 Å². The maximum Gasteiger partial charge on any atom is 0.241 e. The highest BCUT2D eigenvalue weighted by atomic mass is 32.1. The van der Waals surface area contributed by atoms with Crippen molar-refractivity contribution in [3.8, 4) is 5.75 Å². The van der Waals surface area contributed by atoms with Crippen LogP contribution >= 0.6 is 11.3 Å². The number of amides is 1. The second-order valence-electron chi connectivity index (χ2n) is 6.51. The number of hydrogen-bond acceptors (Lipinski definition) is 4. The normalized spacial score (nSPS) is 12.0. The first-order valence-corrected chi connectivity index (χ1v) is 9.85. The Morgan fingerprint density at radius 3 is 2.48 bits per heavy atom. The number of nitrogens with one attached hydrogen (secondary N) is 1. The predicted molar refractivity (Wildman–Crippen MR) is 111 cm³/mol. The van der Waals surface area contributed by atoms with E-state index in [1.54, 1.807) is 11.3 Å². The lowest BCUT2D eigenvalue weighted by Gasteiger charge is -2.23. The molecular formula is C22H24N2O2S. The highest BCUT2D eigenvalue weighted by Crippen LogP contribution is 2.18. The fraction of sp³-hybridized carbons (Fsp3) is 0.227. The van der Waals surface area contributed by atoms with E-state index in [9.17, 15) is 4.79 Å². The van der Waals surface area contributed by atoms with Crippen LogP contribution < -0.4 is 10.1 Å². The third-order valence-electron chi connectivity index (χ3n) is 4.42. The lowest BCUT2D eigenvalue weighted by atomic mass is 10.2. The van der Waals surface area contributed by atoms with E-state index < -0.39 is 0 Å². The first-order chi connectivity index (χ1) is 13.1. The van der Waals surface area contributed by atoms with Gasteiger partial charge >= 0.3 is 0 Å². The summed E-state index contributed by atoms with van der Waals surface area (Å²) in [4.78, 5) is 14.5. The monoisotopic (exact) mass is 380 g/mol. The number of thiophene rings is 1. The molecule has 140 valence electrons. The quantitative estimate of drug-likeness (QED) is 0.611. The van der Waals surface area contributed by atoms with Gasteiger partial charge in [0, 0.05) is 12.2 Å². The number of nitrogens with zero attached hydrogens (tertiary/aromatic N) is 1. The van der Waals surface area contributed by atoms with Crippen LogP contribution in [0, 0.1) is 0 Å². The van der Waals surface area contributed by atoms with Crippen LogP contribution in [0.25, 0.3) is 0 Å². The molecule has 2 aromatic carbocycles. The van der Waals surface area contributed by atoms with Gasteiger partial charge in [-0.3, -0.25) is 9.69 Å². The Balaban J connectivity index is 1.50. The minimum atomic E-state index is -0.223. The summed E-state index contributed by atoms with van der Waals surface area (Å²) in [6.45, 7) is 3.19. The topological polar surface area (TPSA) is 41.6 Å². The molecule has 1 aromatic heterocycles. The Kier molecular flexibility index (Phi) is 6.63. The van der Waals surface area contributed by atoms with Crippen LogP contribution in [-0.4, -0.2) is 23.9 Å². The number of carbonyl (C=O) groups excluding carboxylic acids is 1. The summed E-state index contributed by atoms with van der Waals surface area (Å²) in [6, 6.07) is 19.4. The maximum absolute atomic E-state index is 12.5. The second-order valence-corrected chi connectivity index (χ2v) is 7.29. The number of benzene rings is 2. The van der Waals surface area contributed by atoms with Gasteiger partial charge in [-0.15, -0.1) is 0 Å². The van der Waals surface area contributed by atoms with Crippen molar-refractivity contribution in [3.63, 3.8) is 0 Å². The van der Waals surface area contributed by atoms with Gasteiger partial charge in [0.05, 0.1) is 6.04 Å². The summed E-state index contributed by atoms with van der Waals surface area (Å²) in [7, 11) is 1.96. The van der Waals surface area contributed by atoms with Crippen LogP contribution in [-0.2, 0) is 17.9 Å². The van der Waals surface area contributed by atoms with Crippen molar-refractivity contribution < 1.29 is 9.53 Å². The summed E-state index contributed by atoms with van der Waals surface area (Å²) in [6.07, 6.45) is 0. The second kappa shape index (κ2) is 9.35. The molecule has 1 heterocycles. The van der Waals surface area contributed by atoms with Gasteiger partial charge in [0.25, 0.3) is 0 Å². The van der Waals surface area contributed by atoms with Gasteiger partial charge < -0.3 is 10.1 Å². The summed E-state index contributed by atoms with van der Waals surface area (Å²) >= 11 is 1.67. The van der Waals surface area contributed by atoms with E-state index in [0.29, 0.717) is 6.61 Å². The molecule has 4 nitrogen and oxygen atoms in total. The average Bonchev–Trinajstić information content (AvgIpc) is 3.20. The van der Waals surface area contributed by atoms with Crippen LogP contribution in [0.15, 0.2) is 71.4 Å². The third-order valence-corrected chi connectivity index (χ3v) is 5.15. The van der Waals surface area contributed by atoms with Crippen molar-refractivity contribution in [2.45, 2.75) is 26.1 Å². The standard InChI is InChI=1S/C22H24N2O2S/c1-17(24(2)14-19-12-13-27-16-19)22(25)23-20-8-10-21(11-9-20)26-15-18-6-4-3-5-7-18/h3-13,16-17H,14-15H2,1-2H3,(H,23,25)/t17-/m1/s1. The molecule has 0 radical (unpaired) electrons. The first kappa shape index (κ1) is 19.1. The molecule has 27 heavy (non-hydrogen) atoms. The predicted octanol–water partition coefficient (Wildman–Crippen LogP) is 4.79. The molecule has 0 fully saturated rings. The highest BCUT2D eigenvalue weighted by Gasteiger charge is 2.18. The number of ether oxygens (including phenoxy) is 1. The molecule has 1 amide bonds. The third kappa shape index (κ3) is 5.67. The minimum absolute atomic E-state index is 0.0225. The minimum Gasteiger partial charge on any atom is -0.489 e. The fourth-order valence-electron chi connectivity index (χ4n) is 2.63. The zero-order valence-electron chi connectivity index (χ0n) is 15.6. The number of hydrogen-bond donors (Lipinski definition) is 1. The van der Waals surface area contributed by atoms with Crippen molar-refractivity contribution in [2.75, 3.05) is 12.4 Å². The molecule has 0 saturated carbocycles. The lowest BCUT2D eigenvalue weighted by Crippen LogP contribution is -2.39. The van der Waals surface area contributed by atoms with Gasteiger partial charge in [-0.05, 0) is 66.2 Å². The molecule has 0 aliphatic heterocycles. The number of anilines is 1. The highest BCUT2D eigenvalue weighted by molar-refractivity contribution is 7.07. The van der Waals surface area contributed by atoms with Gasteiger partial charge in [-0.1, -0.05) is 30.3 Å². The Morgan fingerprint density at radius 1 is 1.07 bits per heavy atom. The molecule has 0 aliphatic carbocycles. The van der Waals surface area contributed by atoms with E-state index in [1.165, 1.54) is 5.56 Å². The Labute approximate surface area is 164 Å². The zero-order chi connectivity index (χ0) is 19.1. The Morgan fingerprint density at radius 2 is 1.81 bits per heavy atom. The van der Waals surface area contributed by atoms with Gasteiger partial charge in [-0.2, -0.15) is 11.3 Å². The Hall–Kier alpha value is -2.63. The summed E-state index contributed by atoms with van der Waals surface area (Å²) in [5.41, 5.74) is 3.11. The maximum atomic E-state index is 12.5. The van der Waals surface area contributed by atoms with Crippen LogP contribution in [0.3, 0.4) is 0 Å². The Bertz CT molecular complexity index is 833. The molecule has 0 bridgehead atoms. The average molecular weight is 381 g/mol. The molecule has 0 spiro atoms. The molecule has 3 aromatic rings. The van der Waals surface area contributed by atoms with Gasteiger partial charge in [-0.25, -0.2) is 0 Å². The zero-order valence-corrected chi connectivity index (χ0v) is 16.4. The van der Waals surface area contributed by atoms with Crippen LogP contribution in [0.2, 0.25) is 0 Å². The molecule has 5 heteroatoms. The summed E-state index contributed by atoms with van der Waals surface area (Å²) in [5, 5.41) is 7.13. The first-order valence-electron chi connectivity index (χ1n) is 8.91. The molecule has 1 atom stereocenters. The fourth-order valence-corrected chi connectivity index (χ4v) is 3.29. The summed E-state index contributed by atoms with van der Waals surface area (Å²) in [5.74, 6) is 0.755. The van der Waals surface area contributed by atoms with Crippen LogP contribution in [0.5, 0.6) is 5.75 Å². The van der Waals surface area contributed by atoms with Crippen molar-refractivity contribution in [1.82, 2.24) is 4.90 Å². The van der Waals surface area contributed by atoms with E-state index in [0.717, 1.165) is 23.5 Å². The van der Waals surface area contributed by atoms with E-state index >= 15 is 0 Å². The van der Waals surface area contributed by atoms with Crippen molar-refractivity contribution in [1.29, 1.82) is 0 Å².